The number of carbonyl (C=O) groups excluding carboxylic acids is 1. The minimum Gasteiger partial charge on any atom is -0.495 e. The van der Waals surface area contributed by atoms with E-state index in [1.807, 2.05) is 18.2 Å². The number of thiophene rings is 1. The normalized spacial score (nSPS) is 11.6. The van der Waals surface area contributed by atoms with Gasteiger partial charge in [0, 0.05) is 0 Å². The van der Waals surface area contributed by atoms with E-state index in [-0.39, 0.29) is 5.78 Å². The summed E-state index contributed by atoms with van der Waals surface area (Å²) in [5, 5.41) is 11.0. The van der Waals surface area contributed by atoms with Crippen molar-refractivity contribution in [2.45, 2.75) is 5.92 Å². The Hall–Kier alpha value is -2.12. The Morgan fingerprint density at radius 1 is 1.33 bits per heavy atom. The third-order valence-corrected chi connectivity index (χ3v) is 3.51. The van der Waals surface area contributed by atoms with Crippen molar-refractivity contribution >= 4 is 17.1 Å². The summed E-state index contributed by atoms with van der Waals surface area (Å²) in [5.41, 5.74) is 0.709. The highest BCUT2D eigenvalue weighted by atomic mass is 32.1. The Balaban J connectivity index is 2.36. The Morgan fingerprint density at radius 3 is 2.67 bits per heavy atom. The molecule has 0 aliphatic carbocycles. The maximum absolute atomic E-state index is 12.3. The number of benzene rings is 1. The van der Waals surface area contributed by atoms with Crippen LogP contribution in [0.5, 0.6) is 5.75 Å². The molecule has 0 saturated carbocycles. The van der Waals surface area contributed by atoms with Crippen molar-refractivity contribution in [2.75, 3.05) is 7.11 Å². The zero-order valence-corrected chi connectivity index (χ0v) is 10.6. The summed E-state index contributed by atoms with van der Waals surface area (Å²) in [7, 11) is 1.52. The number of ether oxygens (including phenoxy) is 1. The summed E-state index contributed by atoms with van der Waals surface area (Å²) < 4.78 is 5.12. The molecule has 0 saturated heterocycles. The van der Waals surface area contributed by atoms with Gasteiger partial charge in [-0.3, -0.25) is 4.79 Å². The topological polar surface area (TPSA) is 50.1 Å². The van der Waals surface area contributed by atoms with Gasteiger partial charge in [-0.2, -0.15) is 5.26 Å². The van der Waals surface area contributed by atoms with Crippen molar-refractivity contribution in [3.05, 3.63) is 52.2 Å². The summed E-state index contributed by atoms with van der Waals surface area (Å²) in [4.78, 5) is 12.8. The van der Waals surface area contributed by atoms with Gasteiger partial charge in [-0.1, -0.05) is 30.3 Å². The molecule has 0 spiro atoms. The Labute approximate surface area is 109 Å². The van der Waals surface area contributed by atoms with Gasteiger partial charge >= 0.3 is 0 Å². The largest absolute Gasteiger partial charge is 0.495 e. The van der Waals surface area contributed by atoms with E-state index >= 15 is 0 Å². The van der Waals surface area contributed by atoms with E-state index in [0.717, 1.165) is 0 Å². The van der Waals surface area contributed by atoms with Gasteiger partial charge in [0.05, 0.1) is 13.2 Å². The highest BCUT2D eigenvalue weighted by Gasteiger charge is 2.25. The molecule has 1 aromatic heterocycles. The van der Waals surface area contributed by atoms with Crippen LogP contribution in [-0.4, -0.2) is 12.9 Å². The number of hydrogen-bond acceptors (Lipinski definition) is 4. The number of hydrogen-bond donors (Lipinski definition) is 0. The van der Waals surface area contributed by atoms with Gasteiger partial charge in [-0.05, 0) is 17.0 Å². The van der Waals surface area contributed by atoms with Gasteiger partial charge < -0.3 is 4.74 Å². The average molecular weight is 257 g/mol. The highest BCUT2D eigenvalue weighted by Crippen LogP contribution is 2.30. The van der Waals surface area contributed by atoms with Gasteiger partial charge in [-0.25, -0.2) is 0 Å². The van der Waals surface area contributed by atoms with E-state index in [9.17, 15) is 10.1 Å². The lowest BCUT2D eigenvalue weighted by molar-refractivity contribution is 0.0980. The van der Waals surface area contributed by atoms with Gasteiger partial charge in [0.2, 0.25) is 0 Å². The molecule has 1 atom stereocenters. The quantitative estimate of drug-likeness (QED) is 0.790. The molecule has 1 aromatic carbocycles. The highest BCUT2D eigenvalue weighted by molar-refractivity contribution is 7.12. The molecule has 3 nitrogen and oxygen atoms in total. The molecule has 18 heavy (non-hydrogen) atoms. The van der Waals surface area contributed by atoms with Crippen molar-refractivity contribution in [3.8, 4) is 11.8 Å². The van der Waals surface area contributed by atoms with Crippen LogP contribution in [0.2, 0.25) is 0 Å². The van der Waals surface area contributed by atoms with Crippen LogP contribution in [0.25, 0.3) is 0 Å². The average Bonchev–Trinajstić information content (AvgIpc) is 2.89. The minimum absolute atomic E-state index is 0.212. The second-order valence-corrected chi connectivity index (χ2v) is 4.57. The zero-order chi connectivity index (χ0) is 13.0. The predicted octanol–water partition coefficient (Wildman–Crippen LogP) is 3.25. The van der Waals surface area contributed by atoms with E-state index < -0.39 is 5.92 Å². The van der Waals surface area contributed by atoms with Crippen LogP contribution >= 0.6 is 11.3 Å². The molecule has 0 aliphatic heterocycles. The van der Waals surface area contributed by atoms with Crippen LogP contribution in [0.15, 0.2) is 41.8 Å². The van der Waals surface area contributed by atoms with Crippen LogP contribution < -0.4 is 4.74 Å². The summed E-state index contributed by atoms with van der Waals surface area (Å²) in [6.07, 6.45) is 0. The van der Waals surface area contributed by atoms with E-state index in [0.29, 0.717) is 16.2 Å². The fourth-order valence-corrected chi connectivity index (χ4v) is 2.53. The number of nitriles is 1. The molecule has 0 N–H and O–H groups in total. The van der Waals surface area contributed by atoms with E-state index in [2.05, 4.69) is 6.07 Å². The summed E-state index contributed by atoms with van der Waals surface area (Å²) in [6, 6.07) is 12.9. The number of nitrogens with zero attached hydrogens (tertiary/aromatic N) is 1. The second-order valence-electron chi connectivity index (χ2n) is 3.66. The van der Waals surface area contributed by atoms with Crippen LogP contribution in [0.1, 0.15) is 21.2 Å². The van der Waals surface area contributed by atoms with Crippen molar-refractivity contribution in [2.24, 2.45) is 0 Å². The minimum atomic E-state index is -0.779. The second kappa shape index (κ2) is 5.48. The lowest BCUT2D eigenvalue weighted by Gasteiger charge is -2.08. The van der Waals surface area contributed by atoms with Crippen molar-refractivity contribution in [3.63, 3.8) is 0 Å². The molecular formula is C14H11NO2S. The maximum Gasteiger partial charge on any atom is 0.198 e. The van der Waals surface area contributed by atoms with E-state index in [1.54, 1.807) is 23.6 Å². The molecular weight excluding hydrogens is 246 g/mol. The predicted molar refractivity (Wildman–Crippen MR) is 70.0 cm³/mol. The molecule has 0 amide bonds. The maximum atomic E-state index is 12.3. The molecule has 1 unspecified atom stereocenters. The molecule has 2 aromatic rings. The van der Waals surface area contributed by atoms with Crippen molar-refractivity contribution in [1.29, 1.82) is 5.26 Å². The summed E-state index contributed by atoms with van der Waals surface area (Å²) in [6.45, 7) is 0. The molecule has 90 valence electrons. The number of Topliss-reactive ketones (excluding diaryl/α,β-unsaturated/α-hetero) is 1. The standard InChI is InChI=1S/C14H11NO2S/c1-17-12-7-8-18-14(12)13(16)11(9-15)10-5-3-2-4-6-10/h2-8,11H,1H3. The molecule has 0 aliphatic rings. The molecule has 0 fully saturated rings. The monoisotopic (exact) mass is 257 g/mol. The first-order chi connectivity index (χ1) is 8.77. The van der Waals surface area contributed by atoms with Crippen LogP contribution in [0.3, 0.4) is 0 Å². The third-order valence-electron chi connectivity index (χ3n) is 2.60. The lowest BCUT2D eigenvalue weighted by atomic mass is 9.95. The first-order valence-electron chi connectivity index (χ1n) is 5.38. The van der Waals surface area contributed by atoms with E-state index in [4.69, 9.17) is 4.74 Å². The Morgan fingerprint density at radius 2 is 2.06 bits per heavy atom. The van der Waals surface area contributed by atoms with E-state index in [1.165, 1.54) is 18.4 Å². The van der Waals surface area contributed by atoms with Crippen LogP contribution in [0.4, 0.5) is 0 Å². The Bertz CT molecular complexity index is 583. The molecule has 2 rings (SSSR count). The molecule has 1 heterocycles. The van der Waals surface area contributed by atoms with Gasteiger partial charge in [0.1, 0.15) is 16.5 Å². The summed E-state index contributed by atoms with van der Waals surface area (Å²) >= 11 is 1.29. The van der Waals surface area contributed by atoms with Crippen LogP contribution in [-0.2, 0) is 0 Å². The first kappa shape index (κ1) is 12.3. The number of carbonyl (C=O) groups is 1. The number of rotatable bonds is 4. The Kier molecular flexibility index (Phi) is 3.75. The van der Waals surface area contributed by atoms with Gasteiger partial charge in [0.25, 0.3) is 0 Å². The molecule has 0 bridgehead atoms. The molecule has 0 radical (unpaired) electrons. The molecule has 4 heteroatoms. The fraction of sp³-hybridized carbons (Fsp3) is 0.143. The third kappa shape index (κ3) is 2.27. The van der Waals surface area contributed by atoms with Crippen LogP contribution in [0, 0.1) is 11.3 Å². The van der Waals surface area contributed by atoms with Crippen molar-refractivity contribution < 1.29 is 9.53 Å². The van der Waals surface area contributed by atoms with Crippen molar-refractivity contribution in [1.82, 2.24) is 0 Å². The summed E-state index contributed by atoms with van der Waals surface area (Å²) in [5.74, 6) is -0.463. The SMILES string of the molecule is COc1ccsc1C(=O)C(C#N)c1ccccc1. The number of methoxy groups -OCH3 is 1. The fourth-order valence-electron chi connectivity index (χ4n) is 1.70. The zero-order valence-electron chi connectivity index (χ0n) is 9.79. The van der Waals surface area contributed by atoms with Gasteiger partial charge in [0.15, 0.2) is 5.78 Å². The first-order valence-corrected chi connectivity index (χ1v) is 6.26. The smallest absolute Gasteiger partial charge is 0.198 e. The number of ketones is 1. The lowest BCUT2D eigenvalue weighted by Crippen LogP contribution is -2.10. The van der Waals surface area contributed by atoms with Gasteiger partial charge in [-0.15, -0.1) is 11.3 Å².